The standard InChI is InChI=1S/C8H19NO2S/c1-3-5-12(11)7-8(10)6-9-4-2/h8-10H,3-7H2,1-2H3. The molecule has 4 heteroatoms. The van der Waals surface area contributed by atoms with Gasteiger partial charge in [-0.05, 0) is 13.0 Å². The van der Waals surface area contributed by atoms with E-state index in [1.165, 1.54) is 0 Å². The van der Waals surface area contributed by atoms with Crippen LogP contribution in [0, 0.1) is 0 Å². The molecule has 0 aromatic carbocycles. The molecular formula is C8H19NO2S. The second kappa shape index (κ2) is 7.71. The Kier molecular flexibility index (Phi) is 7.75. The van der Waals surface area contributed by atoms with E-state index >= 15 is 0 Å². The van der Waals surface area contributed by atoms with Gasteiger partial charge in [0.2, 0.25) is 0 Å². The van der Waals surface area contributed by atoms with Gasteiger partial charge in [-0.2, -0.15) is 0 Å². The molecule has 0 rings (SSSR count). The summed E-state index contributed by atoms with van der Waals surface area (Å²) in [5.74, 6) is 1.10. The summed E-state index contributed by atoms with van der Waals surface area (Å²) in [5.41, 5.74) is 0. The largest absolute Gasteiger partial charge is 0.391 e. The molecule has 12 heavy (non-hydrogen) atoms. The number of nitrogens with one attached hydrogen (secondary N) is 1. The molecule has 0 saturated carbocycles. The Balaban J connectivity index is 3.40. The minimum atomic E-state index is -0.844. The molecule has 0 aromatic rings. The van der Waals surface area contributed by atoms with Gasteiger partial charge in [-0.15, -0.1) is 0 Å². The summed E-state index contributed by atoms with van der Waals surface area (Å²) < 4.78 is 11.1. The molecule has 2 unspecified atom stereocenters. The molecule has 0 amide bonds. The SMILES string of the molecule is CCCS(=O)CC(O)CNCC. The molecule has 0 spiro atoms. The average Bonchev–Trinajstić information content (AvgIpc) is 2.01. The van der Waals surface area contributed by atoms with E-state index in [9.17, 15) is 9.32 Å². The highest BCUT2D eigenvalue weighted by molar-refractivity contribution is 7.85. The number of likely N-dealkylation sites (N-methyl/N-ethyl adjacent to an activating group) is 1. The first-order valence-corrected chi connectivity index (χ1v) is 5.93. The van der Waals surface area contributed by atoms with Crippen LogP contribution in [-0.4, -0.2) is 40.0 Å². The molecule has 0 heterocycles. The Morgan fingerprint density at radius 1 is 1.50 bits per heavy atom. The van der Waals surface area contributed by atoms with Crippen molar-refractivity contribution >= 4 is 10.8 Å². The zero-order valence-electron chi connectivity index (χ0n) is 7.88. The maximum Gasteiger partial charge on any atom is 0.0779 e. The maximum absolute atomic E-state index is 11.1. The van der Waals surface area contributed by atoms with Crippen molar-refractivity contribution in [2.75, 3.05) is 24.6 Å². The van der Waals surface area contributed by atoms with E-state index in [1.54, 1.807) is 0 Å². The zero-order valence-corrected chi connectivity index (χ0v) is 8.69. The van der Waals surface area contributed by atoms with Crippen LogP contribution < -0.4 is 5.32 Å². The fraction of sp³-hybridized carbons (Fsp3) is 1.00. The molecule has 0 fully saturated rings. The molecular weight excluding hydrogens is 174 g/mol. The Labute approximate surface area is 77.0 Å². The van der Waals surface area contributed by atoms with Gasteiger partial charge < -0.3 is 10.4 Å². The summed E-state index contributed by atoms with van der Waals surface area (Å²) in [6.07, 6.45) is 0.456. The fourth-order valence-electron chi connectivity index (χ4n) is 0.895. The van der Waals surface area contributed by atoms with Crippen LogP contribution in [0.25, 0.3) is 0 Å². The molecule has 74 valence electrons. The summed E-state index contributed by atoms with van der Waals surface area (Å²) in [6.45, 7) is 5.37. The first-order chi connectivity index (χ1) is 5.70. The van der Waals surface area contributed by atoms with Gasteiger partial charge in [0.25, 0.3) is 0 Å². The Morgan fingerprint density at radius 3 is 2.67 bits per heavy atom. The van der Waals surface area contributed by atoms with Crippen LogP contribution in [0.5, 0.6) is 0 Å². The minimum Gasteiger partial charge on any atom is -0.391 e. The lowest BCUT2D eigenvalue weighted by Crippen LogP contribution is -2.31. The molecule has 0 saturated heterocycles. The second-order valence-electron chi connectivity index (χ2n) is 2.77. The zero-order chi connectivity index (χ0) is 9.40. The van der Waals surface area contributed by atoms with Crippen LogP contribution in [0.15, 0.2) is 0 Å². The van der Waals surface area contributed by atoms with Crippen LogP contribution in [0.3, 0.4) is 0 Å². The number of hydrogen-bond acceptors (Lipinski definition) is 3. The summed E-state index contributed by atoms with van der Waals surface area (Å²) in [5, 5.41) is 12.3. The summed E-state index contributed by atoms with van der Waals surface area (Å²) in [6, 6.07) is 0. The van der Waals surface area contributed by atoms with Crippen molar-refractivity contribution in [1.29, 1.82) is 0 Å². The van der Waals surface area contributed by atoms with Crippen molar-refractivity contribution in [2.45, 2.75) is 26.4 Å². The third kappa shape index (κ3) is 6.76. The lowest BCUT2D eigenvalue weighted by atomic mass is 10.4. The van der Waals surface area contributed by atoms with Crippen LogP contribution in [0.4, 0.5) is 0 Å². The normalized spacial score (nSPS) is 15.9. The van der Waals surface area contributed by atoms with Crippen molar-refractivity contribution in [3.8, 4) is 0 Å². The third-order valence-corrected chi connectivity index (χ3v) is 3.06. The number of hydrogen-bond donors (Lipinski definition) is 2. The second-order valence-corrected chi connectivity index (χ2v) is 4.39. The average molecular weight is 193 g/mol. The van der Waals surface area contributed by atoms with Crippen molar-refractivity contribution in [2.24, 2.45) is 0 Å². The van der Waals surface area contributed by atoms with E-state index in [4.69, 9.17) is 0 Å². The number of aliphatic hydroxyl groups excluding tert-OH is 1. The van der Waals surface area contributed by atoms with Gasteiger partial charge in [-0.25, -0.2) is 0 Å². The van der Waals surface area contributed by atoms with Gasteiger partial charge in [0.1, 0.15) is 0 Å². The molecule has 0 aliphatic heterocycles. The molecule has 0 aliphatic rings. The first-order valence-electron chi connectivity index (χ1n) is 4.44. The fourth-order valence-corrected chi connectivity index (χ4v) is 2.06. The van der Waals surface area contributed by atoms with Crippen LogP contribution in [-0.2, 0) is 10.8 Å². The van der Waals surface area contributed by atoms with Crippen molar-refractivity contribution in [3.05, 3.63) is 0 Å². The van der Waals surface area contributed by atoms with E-state index in [0.29, 0.717) is 18.1 Å². The van der Waals surface area contributed by atoms with Crippen molar-refractivity contribution in [3.63, 3.8) is 0 Å². The monoisotopic (exact) mass is 193 g/mol. The van der Waals surface area contributed by atoms with Gasteiger partial charge >= 0.3 is 0 Å². The predicted octanol–water partition coefficient (Wildman–Crippen LogP) is 0.116. The quantitative estimate of drug-likeness (QED) is 0.603. The topological polar surface area (TPSA) is 49.3 Å². The van der Waals surface area contributed by atoms with Crippen molar-refractivity contribution < 1.29 is 9.32 Å². The number of rotatable bonds is 7. The van der Waals surface area contributed by atoms with Gasteiger partial charge in [-0.1, -0.05) is 13.8 Å². The van der Waals surface area contributed by atoms with Gasteiger partial charge in [-0.3, -0.25) is 4.21 Å². The third-order valence-electron chi connectivity index (χ3n) is 1.44. The van der Waals surface area contributed by atoms with Gasteiger partial charge in [0, 0.05) is 23.1 Å². The van der Waals surface area contributed by atoms with E-state index in [1.807, 2.05) is 13.8 Å². The highest BCUT2D eigenvalue weighted by Crippen LogP contribution is 1.91. The molecule has 3 nitrogen and oxygen atoms in total. The summed E-state index contributed by atoms with van der Waals surface area (Å²) >= 11 is 0. The predicted molar refractivity (Wildman–Crippen MR) is 52.7 cm³/mol. The van der Waals surface area contributed by atoms with E-state index in [2.05, 4.69) is 5.32 Å². The molecule has 2 N–H and O–H groups in total. The smallest absolute Gasteiger partial charge is 0.0779 e. The lowest BCUT2D eigenvalue weighted by Gasteiger charge is -2.09. The van der Waals surface area contributed by atoms with Gasteiger partial charge in [0.05, 0.1) is 11.9 Å². The Morgan fingerprint density at radius 2 is 2.17 bits per heavy atom. The lowest BCUT2D eigenvalue weighted by molar-refractivity contribution is 0.195. The molecule has 2 atom stereocenters. The maximum atomic E-state index is 11.1. The first kappa shape index (κ1) is 12.1. The molecule has 0 bridgehead atoms. The summed E-state index contributed by atoms with van der Waals surface area (Å²) in [7, 11) is -0.844. The van der Waals surface area contributed by atoms with E-state index in [0.717, 1.165) is 13.0 Å². The minimum absolute atomic E-state index is 0.404. The van der Waals surface area contributed by atoms with Gasteiger partial charge in [0.15, 0.2) is 0 Å². The van der Waals surface area contributed by atoms with E-state index < -0.39 is 16.9 Å². The Bertz CT molecular complexity index is 130. The van der Waals surface area contributed by atoms with Crippen LogP contribution in [0.1, 0.15) is 20.3 Å². The number of aliphatic hydroxyl groups is 1. The molecule has 0 aromatic heterocycles. The van der Waals surface area contributed by atoms with E-state index in [-0.39, 0.29) is 0 Å². The van der Waals surface area contributed by atoms with Crippen LogP contribution in [0.2, 0.25) is 0 Å². The van der Waals surface area contributed by atoms with Crippen LogP contribution >= 0.6 is 0 Å². The molecule has 0 radical (unpaired) electrons. The summed E-state index contributed by atoms with van der Waals surface area (Å²) in [4.78, 5) is 0. The highest BCUT2D eigenvalue weighted by Gasteiger charge is 2.07. The highest BCUT2D eigenvalue weighted by atomic mass is 32.2. The molecule has 0 aliphatic carbocycles. The van der Waals surface area contributed by atoms with Crippen molar-refractivity contribution in [1.82, 2.24) is 5.32 Å². The Hall–Kier alpha value is 0.0700.